The van der Waals surface area contributed by atoms with Crippen LogP contribution in [0, 0.1) is 0 Å². The number of unbranched alkanes of at least 4 members (excludes halogenated alkanes) is 16. The van der Waals surface area contributed by atoms with Crippen LogP contribution < -0.4 is 45.3 Å². The predicted molar refractivity (Wildman–Crippen MR) is 223 cm³/mol. The van der Waals surface area contributed by atoms with Crippen molar-refractivity contribution in [3.05, 3.63) is 48.6 Å². The van der Waals surface area contributed by atoms with E-state index in [0.29, 0.717) is 12.8 Å². The molecule has 0 spiro atoms. The van der Waals surface area contributed by atoms with Crippen LogP contribution in [0.4, 0.5) is 0 Å². The van der Waals surface area contributed by atoms with Crippen LogP contribution in [-0.2, 0) is 23.9 Å². The van der Waals surface area contributed by atoms with E-state index >= 15 is 0 Å². The Balaban J connectivity index is -0.000000986. The van der Waals surface area contributed by atoms with Crippen LogP contribution in [0.1, 0.15) is 181 Å². The SMILES string of the molecule is COC(=O)CNC(=O)CCC/C=C\CCCCCCC/C=C\CCC[C@H](C)O.C[C@H](O)CCC/C=C\CCCCCCC/C=C\CCCC(=O)NCC(=O)[O-].[Na+]. The number of allylic oxidation sites excluding steroid dienone is 8. The Hall–Kier alpha value is -2.24. The smallest absolute Gasteiger partial charge is 0.548 e. The van der Waals surface area contributed by atoms with Crippen molar-refractivity contribution in [1.82, 2.24) is 10.6 Å². The Bertz CT molecular complexity index is 1040. The van der Waals surface area contributed by atoms with Crippen LogP contribution in [-0.4, -0.2) is 66.4 Å². The molecule has 0 saturated heterocycles. The van der Waals surface area contributed by atoms with Crippen molar-refractivity contribution in [1.29, 1.82) is 0 Å². The van der Waals surface area contributed by atoms with Crippen molar-refractivity contribution in [2.75, 3.05) is 20.2 Å². The molecule has 0 unspecified atom stereocenters. The third kappa shape index (κ3) is 53.9. The Kier molecular flexibility index (Phi) is 48.9. The fourth-order valence-electron chi connectivity index (χ4n) is 5.47. The van der Waals surface area contributed by atoms with Gasteiger partial charge in [-0.1, -0.05) is 87.1 Å². The molecular formula is C45H79N2NaO8. The average molecular weight is 799 g/mol. The third-order valence-electron chi connectivity index (χ3n) is 8.77. The number of hydrogen-bond donors (Lipinski definition) is 4. The summed E-state index contributed by atoms with van der Waals surface area (Å²) in [5, 5.41) is 33.4. The van der Waals surface area contributed by atoms with E-state index in [0.717, 1.165) is 83.5 Å². The van der Waals surface area contributed by atoms with Crippen molar-refractivity contribution in [3.63, 3.8) is 0 Å². The molecule has 11 heteroatoms. The number of carbonyl (C=O) groups excluding carboxylic acids is 4. The third-order valence-corrected chi connectivity index (χ3v) is 8.77. The summed E-state index contributed by atoms with van der Waals surface area (Å²) >= 11 is 0. The van der Waals surface area contributed by atoms with E-state index in [1.54, 1.807) is 0 Å². The molecule has 2 atom stereocenters. The number of carboxylic acids is 1. The normalized spacial score (nSPS) is 12.4. The minimum atomic E-state index is -1.26. The Labute approximate surface area is 363 Å². The molecule has 0 aromatic heterocycles. The molecule has 318 valence electrons. The van der Waals surface area contributed by atoms with Gasteiger partial charge in [0, 0.05) is 12.8 Å². The maximum Gasteiger partial charge on any atom is 1.00 e. The van der Waals surface area contributed by atoms with E-state index in [1.165, 1.54) is 77.7 Å². The van der Waals surface area contributed by atoms with Gasteiger partial charge in [-0.15, -0.1) is 0 Å². The molecule has 56 heavy (non-hydrogen) atoms. The fourth-order valence-corrected chi connectivity index (χ4v) is 5.47. The topological polar surface area (TPSA) is 165 Å². The molecule has 0 saturated carbocycles. The molecule has 2 amide bonds. The molecule has 0 aromatic rings. The van der Waals surface area contributed by atoms with E-state index in [4.69, 9.17) is 5.11 Å². The Morgan fingerprint density at radius 1 is 0.500 bits per heavy atom. The molecule has 0 aromatic carbocycles. The second kappa shape index (κ2) is 47.1. The number of carbonyl (C=O) groups is 4. The van der Waals surface area contributed by atoms with Gasteiger partial charge in [0.1, 0.15) is 6.54 Å². The number of aliphatic hydroxyl groups excluding tert-OH is 2. The molecule has 0 aliphatic carbocycles. The number of nitrogens with one attached hydrogen (secondary N) is 2. The standard InChI is InChI=1S/C23H41NO4.C22H39NO4.Na/c1-21(25)18-16-14-12-10-8-6-4-3-5-7-9-11-13-15-17-19-22(26)24-20-23(27)28-2;1-20(24)17-15-13-11-9-7-5-3-2-4-6-8-10-12-14-16-18-21(25)23-19-22(26)27;/h10-13,21,25H,3-9,14-20H2,1-2H3,(H,24,26);9-12,20,24H,2-8,13-19H2,1H3,(H,23,25)(H,26,27);/q;;+1/p-1/b12-10-,13-11-;11-9-,12-10-;/t21-;20-;/m00./s1. The molecule has 4 N–H and O–H groups in total. The van der Waals surface area contributed by atoms with Crippen molar-refractivity contribution in [2.45, 2.75) is 193 Å². The van der Waals surface area contributed by atoms with Crippen molar-refractivity contribution < 1.29 is 68.8 Å². The van der Waals surface area contributed by atoms with Gasteiger partial charge in [0.15, 0.2) is 0 Å². The molecule has 0 radical (unpaired) electrons. The first-order chi connectivity index (χ1) is 26.6. The summed E-state index contributed by atoms with van der Waals surface area (Å²) in [6.45, 7) is 3.22. The summed E-state index contributed by atoms with van der Waals surface area (Å²) in [4.78, 5) is 43.9. The van der Waals surface area contributed by atoms with Crippen LogP contribution in [0.5, 0.6) is 0 Å². The first-order valence-electron chi connectivity index (χ1n) is 21.3. The molecule has 10 nitrogen and oxygen atoms in total. The molecule has 0 bridgehead atoms. The van der Waals surface area contributed by atoms with E-state index < -0.39 is 18.5 Å². The van der Waals surface area contributed by atoms with E-state index in [-0.39, 0.29) is 60.1 Å². The van der Waals surface area contributed by atoms with Gasteiger partial charge >= 0.3 is 35.5 Å². The minimum absolute atomic E-state index is 0. The Morgan fingerprint density at radius 3 is 1.09 bits per heavy atom. The number of esters is 1. The number of hydrogen-bond acceptors (Lipinski definition) is 8. The van der Waals surface area contributed by atoms with E-state index in [1.807, 2.05) is 13.8 Å². The number of amides is 2. The Morgan fingerprint density at radius 2 is 0.786 bits per heavy atom. The van der Waals surface area contributed by atoms with Gasteiger partial charge < -0.3 is 35.5 Å². The molecule has 0 heterocycles. The number of ether oxygens (including phenoxy) is 1. The first kappa shape index (κ1) is 58.1. The summed E-state index contributed by atoms with van der Waals surface area (Å²) < 4.78 is 4.47. The number of aliphatic hydroxyl groups is 2. The van der Waals surface area contributed by atoms with Gasteiger partial charge in [0.2, 0.25) is 11.8 Å². The van der Waals surface area contributed by atoms with Crippen LogP contribution >= 0.6 is 0 Å². The molecule has 0 rings (SSSR count). The van der Waals surface area contributed by atoms with Crippen LogP contribution in [0.3, 0.4) is 0 Å². The summed E-state index contributed by atoms with van der Waals surface area (Å²) in [5.41, 5.74) is 0. The van der Waals surface area contributed by atoms with Gasteiger partial charge in [0.05, 0.1) is 31.8 Å². The van der Waals surface area contributed by atoms with Gasteiger partial charge in [-0.3, -0.25) is 14.4 Å². The maximum absolute atomic E-state index is 11.5. The minimum Gasteiger partial charge on any atom is -0.548 e. The summed E-state index contributed by atoms with van der Waals surface area (Å²) in [5.74, 6) is -2.02. The monoisotopic (exact) mass is 799 g/mol. The predicted octanol–water partition coefficient (Wildman–Crippen LogP) is 5.26. The largest absolute Gasteiger partial charge is 1.00 e. The van der Waals surface area contributed by atoms with Crippen LogP contribution in [0.2, 0.25) is 0 Å². The first-order valence-corrected chi connectivity index (χ1v) is 21.3. The number of carboxylic acid groups (broad SMARTS) is 1. The van der Waals surface area contributed by atoms with Gasteiger partial charge in [-0.05, 0) is 129 Å². The molecule has 0 aliphatic rings. The zero-order chi connectivity index (χ0) is 41.0. The van der Waals surface area contributed by atoms with E-state index in [2.05, 4.69) is 64.0 Å². The van der Waals surface area contributed by atoms with Crippen molar-refractivity contribution in [2.24, 2.45) is 0 Å². The van der Waals surface area contributed by atoms with Crippen molar-refractivity contribution >= 4 is 23.8 Å². The molecular weight excluding hydrogens is 719 g/mol. The summed E-state index contributed by atoms with van der Waals surface area (Å²) in [6.07, 6.45) is 44.6. The molecule has 0 fully saturated rings. The zero-order valence-corrected chi connectivity index (χ0v) is 37.9. The summed E-state index contributed by atoms with van der Waals surface area (Å²) in [7, 11) is 1.31. The second-order valence-corrected chi connectivity index (χ2v) is 14.4. The average Bonchev–Trinajstić information content (AvgIpc) is 3.15. The maximum atomic E-state index is 11.5. The van der Waals surface area contributed by atoms with Crippen molar-refractivity contribution in [3.8, 4) is 0 Å². The zero-order valence-electron chi connectivity index (χ0n) is 35.9. The summed E-state index contributed by atoms with van der Waals surface area (Å²) in [6, 6.07) is 0. The van der Waals surface area contributed by atoms with Gasteiger partial charge in [0.25, 0.3) is 0 Å². The van der Waals surface area contributed by atoms with Crippen LogP contribution in [0.15, 0.2) is 48.6 Å². The number of rotatable bonds is 36. The van der Waals surface area contributed by atoms with E-state index in [9.17, 15) is 29.4 Å². The van der Waals surface area contributed by atoms with Gasteiger partial charge in [-0.25, -0.2) is 0 Å². The number of methoxy groups -OCH3 is 1. The second-order valence-electron chi connectivity index (χ2n) is 14.4. The number of aliphatic carboxylic acids is 1. The van der Waals surface area contributed by atoms with Gasteiger partial charge in [-0.2, -0.15) is 0 Å². The quantitative estimate of drug-likeness (QED) is 0.0289. The van der Waals surface area contributed by atoms with Crippen LogP contribution in [0.25, 0.3) is 0 Å². The molecule has 0 aliphatic heterocycles. The fraction of sp³-hybridized carbons (Fsp3) is 0.733.